The number of hydrogen-bond acceptors (Lipinski definition) is 1. The highest BCUT2D eigenvalue weighted by Crippen LogP contribution is 2.28. The highest BCUT2D eigenvalue weighted by atomic mass is 79.9. The van der Waals surface area contributed by atoms with E-state index in [0.29, 0.717) is 16.8 Å². The van der Waals surface area contributed by atoms with Crippen LogP contribution in [0.4, 0.5) is 0 Å². The first-order valence-corrected chi connectivity index (χ1v) is 8.43. The van der Waals surface area contributed by atoms with Crippen LogP contribution < -0.4 is 0 Å². The first kappa shape index (κ1) is 15.6. The van der Waals surface area contributed by atoms with Gasteiger partial charge in [0.1, 0.15) is 0 Å². The van der Waals surface area contributed by atoms with Gasteiger partial charge in [0.05, 0.1) is 0 Å². The maximum absolute atomic E-state index is 12.6. The first-order valence-electron chi connectivity index (χ1n) is 7.52. The van der Waals surface area contributed by atoms with Crippen molar-refractivity contribution in [3.63, 3.8) is 0 Å². The maximum atomic E-state index is 12.6. The van der Waals surface area contributed by atoms with E-state index in [9.17, 15) is 4.79 Å². The van der Waals surface area contributed by atoms with Crippen LogP contribution in [0.2, 0.25) is 0 Å². The molecule has 1 saturated carbocycles. The summed E-state index contributed by atoms with van der Waals surface area (Å²) in [6.07, 6.45) is 4.74. The molecule has 1 aromatic carbocycles. The molecule has 2 rings (SSSR count). The van der Waals surface area contributed by atoms with Gasteiger partial charge in [-0.3, -0.25) is 4.79 Å². The fraction of sp³-hybridized carbons (Fsp3) is 0.588. The van der Waals surface area contributed by atoms with Gasteiger partial charge in [0.2, 0.25) is 0 Å². The minimum absolute atomic E-state index is 0.136. The SMILES string of the molecule is CC(C)c1ccc(C(=O)N(C)C2CCCCC2Br)cc1. The summed E-state index contributed by atoms with van der Waals surface area (Å²) < 4.78 is 0. The lowest BCUT2D eigenvalue weighted by atomic mass is 9.93. The van der Waals surface area contributed by atoms with E-state index in [1.807, 2.05) is 24.1 Å². The van der Waals surface area contributed by atoms with Crippen molar-refractivity contribution in [2.24, 2.45) is 0 Å². The van der Waals surface area contributed by atoms with Crippen molar-refractivity contribution < 1.29 is 4.79 Å². The largest absolute Gasteiger partial charge is 0.338 e. The van der Waals surface area contributed by atoms with Crippen molar-refractivity contribution in [3.8, 4) is 0 Å². The third-order valence-electron chi connectivity index (χ3n) is 4.29. The number of amides is 1. The molecule has 1 aromatic rings. The quantitative estimate of drug-likeness (QED) is 0.738. The van der Waals surface area contributed by atoms with Crippen LogP contribution in [0.25, 0.3) is 0 Å². The third kappa shape index (κ3) is 3.43. The van der Waals surface area contributed by atoms with Gasteiger partial charge in [0, 0.05) is 23.5 Å². The lowest BCUT2D eigenvalue weighted by molar-refractivity contribution is 0.0705. The Balaban J connectivity index is 2.09. The van der Waals surface area contributed by atoms with Crippen LogP contribution in [0.15, 0.2) is 24.3 Å². The standard InChI is InChI=1S/C17H24BrNO/c1-12(2)13-8-10-14(11-9-13)17(20)19(3)16-7-5-4-6-15(16)18/h8-12,15-16H,4-7H2,1-3H3. The lowest BCUT2D eigenvalue weighted by Gasteiger charge is -2.35. The molecule has 20 heavy (non-hydrogen) atoms. The molecule has 2 atom stereocenters. The summed E-state index contributed by atoms with van der Waals surface area (Å²) >= 11 is 3.73. The predicted molar refractivity (Wildman–Crippen MR) is 87.6 cm³/mol. The van der Waals surface area contributed by atoms with Crippen molar-refractivity contribution in [1.82, 2.24) is 4.90 Å². The van der Waals surface area contributed by atoms with Crippen LogP contribution >= 0.6 is 15.9 Å². The molecule has 2 unspecified atom stereocenters. The molecule has 0 radical (unpaired) electrons. The van der Waals surface area contributed by atoms with E-state index in [0.717, 1.165) is 18.4 Å². The molecule has 3 heteroatoms. The molecule has 0 N–H and O–H groups in total. The average Bonchev–Trinajstić information content (AvgIpc) is 2.46. The summed E-state index contributed by atoms with van der Waals surface area (Å²) in [5.74, 6) is 0.638. The molecule has 0 bridgehead atoms. The summed E-state index contributed by atoms with van der Waals surface area (Å²) in [6, 6.07) is 8.37. The molecule has 0 spiro atoms. The molecule has 2 nitrogen and oxygen atoms in total. The number of rotatable bonds is 3. The molecule has 110 valence electrons. The van der Waals surface area contributed by atoms with E-state index in [4.69, 9.17) is 0 Å². The molecule has 0 saturated heterocycles. The van der Waals surface area contributed by atoms with E-state index >= 15 is 0 Å². The average molecular weight is 338 g/mol. The van der Waals surface area contributed by atoms with Gasteiger partial charge in [0.15, 0.2) is 0 Å². The summed E-state index contributed by atoms with van der Waals surface area (Å²) in [5.41, 5.74) is 2.07. The Morgan fingerprint density at radius 3 is 2.35 bits per heavy atom. The van der Waals surface area contributed by atoms with Gasteiger partial charge < -0.3 is 4.90 Å². The molecule has 1 aliphatic rings. The van der Waals surface area contributed by atoms with E-state index in [-0.39, 0.29) is 5.91 Å². The Labute approximate surface area is 130 Å². The maximum Gasteiger partial charge on any atom is 0.253 e. The van der Waals surface area contributed by atoms with Gasteiger partial charge in [-0.2, -0.15) is 0 Å². The molecule has 1 fully saturated rings. The van der Waals surface area contributed by atoms with Crippen molar-refractivity contribution >= 4 is 21.8 Å². The normalized spacial score (nSPS) is 22.9. The molecular formula is C17H24BrNO. The van der Waals surface area contributed by atoms with Gasteiger partial charge >= 0.3 is 0 Å². The molecule has 1 aliphatic carbocycles. The van der Waals surface area contributed by atoms with E-state index < -0.39 is 0 Å². The van der Waals surface area contributed by atoms with Crippen LogP contribution in [0.3, 0.4) is 0 Å². The van der Waals surface area contributed by atoms with Gasteiger partial charge in [-0.1, -0.05) is 54.8 Å². The van der Waals surface area contributed by atoms with Crippen LogP contribution in [0.5, 0.6) is 0 Å². The minimum Gasteiger partial charge on any atom is -0.338 e. The lowest BCUT2D eigenvalue weighted by Crippen LogP contribution is -2.44. The zero-order chi connectivity index (χ0) is 14.7. The summed E-state index contributed by atoms with van der Waals surface area (Å²) in [4.78, 5) is 14.9. The van der Waals surface area contributed by atoms with E-state index in [1.165, 1.54) is 18.4 Å². The van der Waals surface area contributed by atoms with Gasteiger partial charge in [-0.25, -0.2) is 0 Å². The topological polar surface area (TPSA) is 20.3 Å². The summed E-state index contributed by atoms with van der Waals surface area (Å²) in [7, 11) is 1.93. The monoisotopic (exact) mass is 337 g/mol. The van der Waals surface area contributed by atoms with Crippen molar-refractivity contribution in [2.75, 3.05) is 7.05 Å². The van der Waals surface area contributed by atoms with Crippen molar-refractivity contribution in [3.05, 3.63) is 35.4 Å². The molecular weight excluding hydrogens is 314 g/mol. The predicted octanol–water partition coefficient (Wildman–Crippen LogP) is 4.59. The fourth-order valence-electron chi connectivity index (χ4n) is 2.87. The second-order valence-corrected chi connectivity index (χ2v) is 7.24. The number of nitrogens with zero attached hydrogens (tertiary/aromatic N) is 1. The molecule has 0 aliphatic heterocycles. The summed E-state index contributed by atoms with van der Waals surface area (Å²) in [5, 5.41) is 0. The van der Waals surface area contributed by atoms with E-state index in [1.54, 1.807) is 0 Å². The summed E-state index contributed by atoms with van der Waals surface area (Å²) in [6.45, 7) is 4.33. The molecule has 1 amide bonds. The first-order chi connectivity index (χ1) is 9.50. The van der Waals surface area contributed by atoms with Gasteiger partial charge in [-0.15, -0.1) is 0 Å². The van der Waals surface area contributed by atoms with Gasteiger partial charge in [0.25, 0.3) is 5.91 Å². The second-order valence-electron chi connectivity index (χ2n) is 6.06. The Bertz CT molecular complexity index is 455. The smallest absolute Gasteiger partial charge is 0.253 e. The van der Waals surface area contributed by atoms with Crippen LogP contribution in [0.1, 0.15) is 61.4 Å². The van der Waals surface area contributed by atoms with Crippen molar-refractivity contribution in [2.45, 2.75) is 56.3 Å². The fourth-order valence-corrected chi connectivity index (χ4v) is 3.81. The number of hydrogen-bond donors (Lipinski definition) is 0. The molecule has 0 aromatic heterocycles. The number of benzene rings is 1. The molecule has 0 heterocycles. The van der Waals surface area contributed by atoms with Crippen molar-refractivity contribution in [1.29, 1.82) is 0 Å². The highest BCUT2D eigenvalue weighted by molar-refractivity contribution is 9.09. The Morgan fingerprint density at radius 1 is 1.20 bits per heavy atom. The van der Waals surface area contributed by atoms with Gasteiger partial charge in [-0.05, 0) is 36.5 Å². The number of carbonyl (C=O) groups excluding carboxylic acids is 1. The number of carbonyl (C=O) groups is 1. The third-order valence-corrected chi connectivity index (χ3v) is 5.36. The zero-order valence-corrected chi connectivity index (χ0v) is 14.2. The Hall–Kier alpha value is -0.830. The Morgan fingerprint density at radius 2 is 1.80 bits per heavy atom. The van der Waals surface area contributed by atoms with Crippen LogP contribution in [-0.4, -0.2) is 28.7 Å². The van der Waals surface area contributed by atoms with Crippen LogP contribution in [0, 0.1) is 0 Å². The number of halogens is 1. The van der Waals surface area contributed by atoms with Crippen LogP contribution in [-0.2, 0) is 0 Å². The second kappa shape index (κ2) is 6.75. The number of alkyl halides is 1. The van der Waals surface area contributed by atoms with E-state index in [2.05, 4.69) is 41.9 Å². The highest BCUT2D eigenvalue weighted by Gasteiger charge is 2.29. The zero-order valence-electron chi connectivity index (χ0n) is 12.6. The minimum atomic E-state index is 0.136. The Kier molecular flexibility index (Phi) is 5.25.